The molecule has 4 nitrogen and oxygen atoms in total. The normalized spacial score (nSPS) is 21.4. The highest BCUT2D eigenvalue weighted by atomic mass is 16.4. The van der Waals surface area contributed by atoms with Crippen LogP contribution in [0.25, 0.3) is 0 Å². The van der Waals surface area contributed by atoms with Crippen molar-refractivity contribution in [1.29, 1.82) is 0 Å². The molecule has 2 unspecified atom stereocenters. The summed E-state index contributed by atoms with van der Waals surface area (Å²) in [6.07, 6.45) is 5.10. The molecule has 0 saturated heterocycles. The second-order valence-corrected chi connectivity index (χ2v) is 6.19. The molecular formula is C18H25NO3. The molecule has 2 rings (SSSR count). The van der Waals surface area contributed by atoms with Gasteiger partial charge in [-0.3, -0.25) is 4.79 Å². The van der Waals surface area contributed by atoms with E-state index in [4.69, 9.17) is 5.11 Å². The number of carboxylic acids is 1. The Balaban J connectivity index is 2.03. The summed E-state index contributed by atoms with van der Waals surface area (Å²) in [5.41, 5.74) is 1.13. The van der Waals surface area contributed by atoms with E-state index < -0.39 is 5.97 Å². The van der Waals surface area contributed by atoms with Crippen LogP contribution in [0, 0.1) is 5.92 Å². The lowest BCUT2D eigenvalue weighted by Gasteiger charge is -2.38. The molecule has 0 aromatic heterocycles. The molecular weight excluding hydrogens is 278 g/mol. The fourth-order valence-electron chi connectivity index (χ4n) is 3.40. The maximum atomic E-state index is 12.6. The molecule has 1 N–H and O–H groups in total. The number of hydrogen-bond acceptors (Lipinski definition) is 2. The molecule has 2 atom stereocenters. The minimum atomic E-state index is -0.941. The summed E-state index contributed by atoms with van der Waals surface area (Å²) in [6.45, 7) is 5.01. The Morgan fingerprint density at radius 1 is 1.18 bits per heavy atom. The van der Waals surface area contributed by atoms with Gasteiger partial charge in [-0.25, -0.2) is 4.79 Å². The first kappa shape index (κ1) is 16.5. The second kappa shape index (κ2) is 7.43. The maximum absolute atomic E-state index is 12.6. The highest BCUT2D eigenvalue weighted by Crippen LogP contribution is 2.28. The van der Waals surface area contributed by atoms with E-state index in [1.165, 1.54) is 19.3 Å². The van der Waals surface area contributed by atoms with E-state index in [1.807, 2.05) is 11.8 Å². The van der Waals surface area contributed by atoms with Gasteiger partial charge in [0.1, 0.15) is 0 Å². The van der Waals surface area contributed by atoms with E-state index in [0.717, 1.165) is 18.5 Å². The van der Waals surface area contributed by atoms with E-state index in [-0.39, 0.29) is 11.5 Å². The van der Waals surface area contributed by atoms with Crippen LogP contribution in [0.3, 0.4) is 0 Å². The predicted molar refractivity (Wildman–Crippen MR) is 85.9 cm³/mol. The van der Waals surface area contributed by atoms with Crippen LogP contribution in [0.2, 0.25) is 0 Å². The number of benzene rings is 1. The number of hydrogen-bond donors (Lipinski definition) is 1. The van der Waals surface area contributed by atoms with Gasteiger partial charge in [-0.2, -0.15) is 0 Å². The lowest BCUT2D eigenvalue weighted by molar-refractivity contribution is -0.134. The molecule has 1 aliphatic carbocycles. The summed E-state index contributed by atoms with van der Waals surface area (Å²) >= 11 is 0. The Morgan fingerprint density at radius 3 is 2.36 bits per heavy atom. The zero-order valence-corrected chi connectivity index (χ0v) is 13.4. The number of likely N-dealkylation sites (N-methyl/N-ethyl adjacent to an activating group) is 1. The molecule has 1 aliphatic rings. The van der Waals surface area contributed by atoms with Crippen LogP contribution in [0.4, 0.5) is 0 Å². The van der Waals surface area contributed by atoms with Gasteiger partial charge in [-0.1, -0.05) is 31.9 Å². The fraction of sp³-hybridized carbons (Fsp3) is 0.556. The Labute approximate surface area is 132 Å². The van der Waals surface area contributed by atoms with Crippen molar-refractivity contribution in [2.24, 2.45) is 5.92 Å². The minimum absolute atomic E-state index is 0.143. The first-order chi connectivity index (χ1) is 10.5. The fourth-order valence-corrected chi connectivity index (χ4v) is 3.40. The van der Waals surface area contributed by atoms with Crippen molar-refractivity contribution < 1.29 is 14.7 Å². The molecule has 0 aliphatic heterocycles. The second-order valence-electron chi connectivity index (χ2n) is 6.19. The molecule has 0 radical (unpaired) electrons. The van der Waals surface area contributed by atoms with Crippen LogP contribution < -0.4 is 0 Å². The third-order valence-corrected chi connectivity index (χ3v) is 4.68. The molecule has 22 heavy (non-hydrogen) atoms. The summed E-state index contributed by atoms with van der Waals surface area (Å²) in [5.74, 6) is -0.236. The van der Waals surface area contributed by atoms with Crippen molar-refractivity contribution in [3.8, 4) is 0 Å². The maximum Gasteiger partial charge on any atom is 0.335 e. The molecule has 1 aromatic rings. The number of nitrogens with zero attached hydrogens (tertiary/aromatic N) is 1. The molecule has 120 valence electrons. The average Bonchev–Trinajstić information content (AvgIpc) is 2.50. The summed E-state index contributed by atoms with van der Waals surface area (Å²) < 4.78 is 0. The van der Waals surface area contributed by atoms with Crippen molar-refractivity contribution >= 4 is 11.9 Å². The molecule has 1 saturated carbocycles. The zero-order valence-electron chi connectivity index (χ0n) is 13.4. The van der Waals surface area contributed by atoms with Crippen LogP contribution in [0.1, 0.15) is 55.5 Å². The first-order valence-electron chi connectivity index (χ1n) is 8.14. The van der Waals surface area contributed by atoms with Crippen molar-refractivity contribution in [3.63, 3.8) is 0 Å². The van der Waals surface area contributed by atoms with Crippen molar-refractivity contribution in [2.45, 2.75) is 52.0 Å². The standard InChI is InChI=1S/C18H25NO3/c1-3-19(16-7-5-4-6-13(16)2)17(20)12-14-8-10-15(11-9-14)18(21)22/h8-11,13,16H,3-7,12H2,1-2H3,(H,21,22). The Bertz CT molecular complexity index is 524. The highest BCUT2D eigenvalue weighted by molar-refractivity contribution is 5.87. The van der Waals surface area contributed by atoms with Gasteiger partial charge < -0.3 is 10.0 Å². The molecule has 1 fully saturated rings. The molecule has 0 heterocycles. The van der Waals surface area contributed by atoms with Gasteiger partial charge in [-0.05, 0) is 43.4 Å². The van der Waals surface area contributed by atoms with E-state index in [1.54, 1.807) is 24.3 Å². The summed E-state index contributed by atoms with van der Waals surface area (Å²) in [4.78, 5) is 25.5. The third-order valence-electron chi connectivity index (χ3n) is 4.68. The highest BCUT2D eigenvalue weighted by Gasteiger charge is 2.29. The number of carboxylic acid groups (broad SMARTS) is 1. The Hall–Kier alpha value is -1.84. The number of rotatable bonds is 5. The molecule has 0 spiro atoms. The van der Waals surface area contributed by atoms with Crippen LogP contribution in [0.5, 0.6) is 0 Å². The number of carbonyl (C=O) groups excluding carboxylic acids is 1. The smallest absolute Gasteiger partial charge is 0.335 e. The monoisotopic (exact) mass is 303 g/mol. The molecule has 0 bridgehead atoms. The summed E-state index contributed by atoms with van der Waals surface area (Å²) in [7, 11) is 0. The van der Waals surface area contributed by atoms with E-state index in [2.05, 4.69) is 6.92 Å². The van der Waals surface area contributed by atoms with Crippen molar-refractivity contribution in [3.05, 3.63) is 35.4 Å². The van der Waals surface area contributed by atoms with Gasteiger partial charge in [0.15, 0.2) is 0 Å². The number of carbonyl (C=O) groups is 2. The van der Waals surface area contributed by atoms with Gasteiger partial charge in [0.2, 0.25) is 5.91 Å². The topological polar surface area (TPSA) is 57.6 Å². The Morgan fingerprint density at radius 2 is 1.82 bits per heavy atom. The predicted octanol–water partition coefficient (Wildman–Crippen LogP) is 3.35. The van der Waals surface area contributed by atoms with Crippen LogP contribution in [-0.2, 0) is 11.2 Å². The van der Waals surface area contributed by atoms with Gasteiger partial charge in [0.25, 0.3) is 0 Å². The lowest BCUT2D eigenvalue weighted by atomic mass is 9.84. The summed E-state index contributed by atoms with van der Waals surface area (Å²) in [5, 5.41) is 8.91. The van der Waals surface area contributed by atoms with Crippen LogP contribution in [-0.4, -0.2) is 34.5 Å². The molecule has 1 aromatic carbocycles. The Kier molecular flexibility index (Phi) is 5.58. The lowest BCUT2D eigenvalue weighted by Crippen LogP contribution is -2.45. The van der Waals surface area contributed by atoms with Crippen LogP contribution in [0.15, 0.2) is 24.3 Å². The van der Waals surface area contributed by atoms with Crippen molar-refractivity contribution in [1.82, 2.24) is 4.90 Å². The van der Waals surface area contributed by atoms with E-state index in [0.29, 0.717) is 18.4 Å². The number of aromatic carboxylic acids is 1. The third kappa shape index (κ3) is 3.87. The molecule has 1 amide bonds. The number of amides is 1. The van der Waals surface area contributed by atoms with Crippen molar-refractivity contribution in [2.75, 3.05) is 6.54 Å². The van der Waals surface area contributed by atoms with E-state index >= 15 is 0 Å². The van der Waals surface area contributed by atoms with Gasteiger partial charge in [0, 0.05) is 12.6 Å². The largest absolute Gasteiger partial charge is 0.478 e. The minimum Gasteiger partial charge on any atom is -0.478 e. The quantitative estimate of drug-likeness (QED) is 0.907. The first-order valence-corrected chi connectivity index (χ1v) is 8.14. The summed E-state index contributed by atoms with van der Waals surface area (Å²) in [6, 6.07) is 6.94. The van der Waals surface area contributed by atoms with Gasteiger partial charge in [0.05, 0.1) is 12.0 Å². The average molecular weight is 303 g/mol. The zero-order chi connectivity index (χ0) is 16.1. The van der Waals surface area contributed by atoms with Gasteiger partial charge in [-0.15, -0.1) is 0 Å². The van der Waals surface area contributed by atoms with Crippen LogP contribution >= 0.6 is 0 Å². The van der Waals surface area contributed by atoms with E-state index in [9.17, 15) is 9.59 Å². The van der Waals surface area contributed by atoms with Gasteiger partial charge >= 0.3 is 5.97 Å². The molecule has 4 heteroatoms. The SMILES string of the molecule is CCN(C(=O)Cc1ccc(C(=O)O)cc1)C1CCCCC1C.